The Bertz CT molecular complexity index is 965. The van der Waals surface area contributed by atoms with Gasteiger partial charge in [-0.3, -0.25) is 5.01 Å². The minimum Gasteiger partial charge on any atom is -0.497 e. The van der Waals surface area contributed by atoms with Gasteiger partial charge in [0.25, 0.3) is 0 Å². The molecule has 5 nitrogen and oxygen atoms in total. The monoisotopic (exact) mass is 390 g/mol. The average molecular weight is 390 g/mol. The number of hydrogen-bond donors (Lipinski definition) is 0. The van der Waals surface area contributed by atoms with Gasteiger partial charge in [-0.25, -0.2) is 4.79 Å². The van der Waals surface area contributed by atoms with Crippen molar-refractivity contribution in [2.24, 2.45) is 11.0 Å². The Hall–Kier alpha value is -3.08. The van der Waals surface area contributed by atoms with E-state index in [4.69, 9.17) is 14.6 Å². The molecule has 0 saturated carbocycles. The summed E-state index contributed by atoms with van der Waals surface area (Å²) in [5, 5.41) is 7.00. The molecule has 5 heteroatoms. The number of carbonyl (C=O) groups excluding carboxylic acids is 1. The van der Waals surface area contributed by atoms with E-state index < -0.39 is 0 Å². The Morgan fingerprint density at radius 1 is 1.24 bits per heavy atom. The number of fused-ring (bicyclic) bond motifs is 3. The first-order valence-electron chi connectivity index (χ1n) is 10.1. The molecule has 0 N–H and O–H groups in total. The largest absolute Gasteiger partial charge is 0.497 e. The number of hydrazone groups is 1. The van der Waals surface area contributed by atoms with Gasteiger partial charge >= 0.3 is 5.97 Å². The molecule has 29 heavy (non-hydrogen) atoms. The number of hydrogen-bond acceptors (Lipinski definition) is 5. The van der Waals surface area contributed by atoms with E-state index in [-0.39, 0.29) is 17.9 Å². The maximum Gasteiger partial charge on any atom is 0.332 e. The average Bonchev–Trinajstić information content (AvgIpc) is 3.14. The number of nitrogens with zero attached hydrogens (tertiary/aromatic N) is 2. The Morgan fingerprint density at radius 3 is 2.76 bits per heavy atom. The lowest BCUT2D eigenvalue weighted by Gasteiger charge is -2.31. The zero-order valence-corrected chi connectivity index (χ0v) is 17.1. The number of carbonyl (C=O) groups is 1. The third kappa shape index (κ3) is 3.65. The van der Waals surface area contributed by atoms with Gasteiger partial charge in [-0.1, -0.05) is 30.3 Å². The van der Waals surface area contributed by atoms with Crippen LogP contribution < -0.4 is 4.74 Å². The molecule has 150 valence electrons. The van der Waals surface area contributed by atoms with Crippen LogP contribution in [0.5, 0.6) is 5.75 Å². The summed E-state index contributed by atoms with van der Waals surface area (Å²) in [4.78, 5) is 12.0. The van der Waals surface area contributed by atoms with Gasteiger partial charge in [-0.05, 0) is 56.0 Å². The van der Waals surface area contributed by atoms with Crippen molar-refractivity contribution in [2.75, 3.05) is 13.7 Å². The van der Waals surface area contributed by atoms with Gasteiger partial charge in [-0.2, -0.15) is 5.10 Å². The summed E-state index contributed by atoms with van der Waals surface area (Å²) >= 11 is 0. The molecule has 4 rings (SSSR count). The SMILES string of the molecule is CCOC(=O)/C=C(\C)N1N=C2c3ccc(OC)cc3CC[C@H]2[C@@H]1c1ccccc1. The van der Waals surface area contributed by atoms with Gasteiger partial charge in [-0.15, -0.1) is 0 Å². The molecule has 2 aromatic carbocycles. The van der Waals surface area contributed by atoms with Crippen molar-refractivity contribution >= 4 is 11.7 Å². The van der Waals surface area contributed by atoms with Crippen LogP contribution >= 0.6 is 0 Å². The number of methoxy groups -OCH3 is 1. The number of allylic oxidation sites excluding steroid dienone is 1. The first-order chi connectivity index (χ1) is 14.1. The van der Waals surface area contributed by atoms with Gasteiger partial charge in [0.1, 0.15) is 5.75 Å². The molecule has 0 bridgehead atoms. The van der Waals surface area contributed by atoms with E-state index in [9.17, 15) is 4.79 Å². The fourth-order valence-electron chi connectivity index (χ4n) is 4.33. The molecule has 2 atom stereocenters. The lowest BCUT2D eigenvalue weighted by atomic mass is 9.77. The molecular formula is C24H26N2O3. The normalized spacial score (nSPS) is 20.6. The fraction of sp³-hybridized carbons (Fsp3) is 0.333. The zero-order valence-electron chi connectivity index (χ0n) is 17.1. The maximum atomic E-state index is 12.0. The molecular weight excluding hydrogens is 364 g/mol. The van der Waals surface area contributed by atoms with Crippen LogP contribution in [0.4, 0.5) is 0 Å². The summed E-state index contributed by atoms with van der Waals surface area (Å²) in [5.74, 6) is 0.802. The van der Waals surface area contributed by atoms with Crippen LogP contribution in [0.1, 0.15) is 43.0 Å². The Morgan fingerprint density at radius 2 is 2.03 bits per heavy atom. The highest BCUT2D eigenvalue weighted by Crippen LogP contribution is 2.45. The highest BCUT2D eigenvalue weighted by atomic mass is 16.5. The standard InChI is InChI=1S/C24H26N2O3/c1-4-29-22(27)14-16(2)26-24(17-8-6-5-7-9-17)21-12-10-18-15-19(28-3)11-13-20(18)23(21)25-26/h5-9,11,13-15,21,24H,4,10,12H2,1-3H3/b16-14+/t21-,24+/m1/s1. The van der Waals surface area contributed by atoms with Crippen molar-refractivity contribution in [3.63, 3.8) is 0 Å². The molecule has 0 saturated heterocycles. The third-order valence-electron chi connectivity index (χ3n) is 5.64. The summed E-state index contributed by atoms with van der Waals surface area (Å²) in [6.45, 7) is 4.09. The van der Waals surface area contributed by atoms with Crippen molar-refractivity contribution in [3.8, 4) is 5.75 Å². The molecule has 0 amide bonds. The van der Waals surface area contributed by atoms with Crippen molar-refractivity contribution in [3.05, 3.63) is 77.0 Å². The summed E-state index contributed by atoms with van der Waals surface area (Å²) in [6.07, 6.45) is 3.52. The summed E-state index contributed by atoms with van der Waals surface area (Å²) in [6, 6.07) is 16.7. The first kappa shape index (κ1) is 19.2. The molecule has 2 aromatic rings. The highest BCUT2D eigenvalue weighted by Gasteiger charge is 2.42. The van der Waals surface area contributed by atoms with E-state index in [0.29, 0.717) is 6.61 Å². The van der Waals surface area contributed by atoms with Crippen LogP contribution in [0.15, 0.2) is 65.4 Å². The Labute approximate surface area is 171 Å². The number of rotatable bonds is 5. The number of esters is 1. The molecule has 0 spiro atoms. The fourth-order valence-corrected chi connectivity index (χ4v) is 4.33. The lowest BCUT2D eigenvalue weighted by Crippen LogP contribution is -2.28. The molecule has 0 fully saturated rings. The van der Waals surface area contributed by atoms with Gasteiger partial charge in [0.15, 0.2) is 0 Å². The second-order valence-corrected chi connectivity index (χ2v) is 7.39. The summed E-state index contributed by atoms with van der Waals surface area (Å²) in [7, 11) is 1.69. The quantitative estimate of drug-likeness (QED) is 0.558. The van der Waals surface area contributed by atoms with Crippen molar-refractivity contribution in [1.82, 2.24) is 5.01 Å². The lowest BCUT2D eigenvalue weighted by molar-refractivity contribution is -0.137. The topological polar surface area (TPSA) is 51.1 Å². The zero-order chi connectivity index (χ0) is 20.4. The number of aryl methyl sites for hydroxylation is 1. The number of ether oxygens (including phenoxy) is 2. The molecule has 1 aliphatic carbocycles. The Kier molecular flexibility index (Phi) is 5.38. The van der Waals surface area contributed by atoms with E-state index in [1.807, 2.05) is 31.0 Å². The molecule has 0 radical (unpaired) electrons. The van der Waals surface area contributed by atoms with Crippen LogP contribution in [0.3, 0.4) is 0 Å². The van der Waals surface area contributed by atoms with Gasteiger partial charge in [0.05, 0.1) is 25.5 Å². The molecule has 1 aliphatic heterocycles. The Balaban J connectivity index is 1.77. The van der Waals surface area contributed by atoms with Crippen LogP contribution in [-0.2, 0) is 16.0 Å². The minimum atomic E-state index is -0.336. The van der Waals surface area contributed by atoms with Gasteiger partial charge in [0, 0.05) is 23.3 Å². The first-order valence-corrected chi connectivity index (χ1v) is 10.1. The van der Waals surface area contributed by atoms with Gasteiger partial charge < -0.3 is 9.47 Å². The van der Waals surface area contributed by atoms with E-state index in [1.54, 1.807) is 7.11 Å². The predicted octanol–water partition coefficient (Wildman–Crippen LogP) is 4.49. The summed E-state index contributed by atoms with van der Waals surface area (Å²) in [5.41, 5.74) is 5.51. The maximum absolute atomic E-state index is 12.0. The predicted molar refractivity (Wildman–Crippen MR) is 113 cm³/mol. The smallest absolute Gasteiger partial charge is 0.332 e. The van der Waals surface area contributed by atoms with Crippen LogP contribution in [-0.4, -0.2) is 30.4 Å². The van der Waals surface area contributed by atoms with Crippen molar-refractivity contribution in [1.29, 1.82) is 0 Å². The second kappa shape index (κ2) is 8.11. The van der Waals surface area contributed by atoms with E-state index in [2.05, 4.69) is 36.4 Å². The van der Waals surface area contributed by atoms with E-state index in [0.717, 1.165) is 30.0 Å². The van der Waals surface area contributed by atoms with E-state index >= 15 is 0 Å². The van der Waals surface area contributed by atoms with Crippen LogP contribution in [0.2, 0.25) is 0 Å². The summed E-state index contributed by atoms with van der Waals surface area (Å²) < 4.78 is 10.5. The molecule has 2 aliphatic rings. The highest BCUT2D eigenvalue weighted by molar-refractivity contribution is 6.06. The molecule has 1 heterocycles. The van der Waals surface area contributed by atoms with E-state index in [1.165, 1.54) is 22.8 Å². The molecule has 0 aromatic heterocycles. The number of benzene rings is 2. The van der Waals surface area contributed by atoms with Gasteiger partial charge in [0.2, 0.25) is 0 Å². The van der Waals surface area contributed by atoms with Crippen LogP contribution in [0, 0.1) is 5.92 Å². The van der Waals surface area contributed by atoms with Crippen molar-refractivity contribution < 1.29 is 14.3 Å². The minimum absolute atomic E-state index is 0.0622. The third-order valence-corrected chi connectivity index (χ3v) is 5.64. The second-order valence-electron chi connectivity index (χ2n) is 7.39. The molecule has 0 unspecified atom stereocenters. The van der Waals surface area contributed by atoms with Crippen LogP contribution in [0.25, 0.3) is 0 Å². The van der Waals surface area contributed by atoms with Crippen molar-refractivity contribution in [2.45, 2.75) is 32.7 Å².